The standard InChI is InChI=1S/C30H35ClF2N8O/c1-18-28(39-29(35-2)37-21-7-6-14-40(17-21)22-8-4-3-5-9-22)41(23-12-10-19(11-13-23)27(34)42)30(36-18)38-26-24(31)15-20(32)16-25(26)33/h3-5,8-9,15-16,19,21,23H,2,6-7,10-14,17H2,1H3,(H2,34,42)(H,36,38)(H,37,39)/t19-,21-,23+/m1/s1. The van der Waals surface area contributed by atoms with Gasteiger partial charge in [-0.05, 0) is 70.4 Å². The number of carbonyl (C=O) groups is 1. The summed E-state index contributed by atoms with van der Waals surface area (Å²) in [6.45, 7) is 7.30. The van der Waals surface area contributed by atoms with Crippen molar-refractivity contribution in [1.82, 2.24) is 14.9 Å². The molecule has 1 amide bonds. The Morgan fingerprint density at radius 2 is 1.88 bits per heavy atom. The predicted octanol–water partition coefficient (Wildman–Crippen LogP) is 6.03. The van der Waals surface area contributed by atoms with E-state index in [9.17, 15) is 13.6 Å². The van der Waals surface area contributed by atoms with Crippen LogP contribution >= 0.6 is 11.6 Å². The number of rotatable bonds is 7. The fourth-order valence-corrected chi connectivity index (χ4v) is 6.10. The van der Waals surface area contributed by atoms with Crippen molar-refractivity contribution in [3.63, 3.8) is 0 Å². The molecule has 1 aromatic heterocycles. The first kappa shape index (κ1) is 29.5. The third-order valence-corrected chi connectivity index (χ3v) is 8.30. The van der Waals surface area contributed by atoms with Gasteiger partial charge in [-0.1, -0.05) is 29.8 Å². The number of aliphatic imine (C=N–C) groups is 2. The fourth-order valence-electron chi connectivity index (χ4n) is 5.86. The molecule has 222 valence electrons. The van der Waals surface area contributed by atoms with Crippen LogP contribution in [0.25, 0.3) is 0 Å². The number of piperidine rings is 1. The minimum absolute atomic E-state index is 0.0888. The highest BCUT2D eigenvalue weighted by atomic mass is 35.5. The zero-order valence-corrected chi connectivity index (χ0v) is 24.2. The minimum Gasteiger partial charge on any atom is -0.369 e. The van der Waals surface area contributed by atoms with Gasteiger partial charge in [-0.15, -0.1) is 0 Å². The molecular formula is C30H35ClF2N8O. The normalized spacial score (nSPS) is 21.2. The average Bonchev–Trinajstić information content (AvgIpc) is 3.29. The number of guanidine groups is 1. The second kappa shape index (κ2) is 12.9. The zero-order valence-electron chi connectivity index (χ0n) is 23.5. The second-order valence-electron chi connectivity index (χ2n) is 10.9. The van der Waals surface area contributed by atoms with Crippen molar-refractivity contribution in [2.45, 2.75) is 57.5 Å². The molecule has 1 atom stereocenters. The van der Waals surface area contributed by atoms with Gasteiger partial charge in [0.25, 0.3) is 0 Å². The zero-order chi connectivity index (χ0) is 29.8. The van der Waals surface area contributed by atoms with Crippen molar-refractivity contribution in [3.05, 3.63) is 64.8 Å². The maximum atomic E-state index is 14.8. The monoisotopic (exact) mass is 596 g/mol. The summed E-state index contributed by atoms with van der Waals surface area (Å²) < 4.78 is 30.4. The van der Waals surface area contributed by atoms with Gasteiger partial charge in [-0.25, -0.2) is 18.8 Å². The quantitative estimate of drug-likeness (QED) is 0.228. The Balaban J connectivity index is 1.46. The van der Waals surface area contributed by atoms with Crippen LogP contribution in [0, 0.1) is 24.5 Å². The number of hydrogen-bond acceptors (Lipinski definition) is 5. The molecule has 9 nitrogen and oxygen atoms in total. The summed E-state index contributed by atoms with van der Waals surface area (Å²) in [5, 5.41) is 6.31. The molecular weight excluding hydrogens is 562 g/mol. The van der Waals surface area contributed by atoms with E-state index in [1.54, 1.807) is 6.92 Å². The van der Waals surface area contributed by atoms with Crippen LogP contribution in [0.1, 0.15) is 50.3 Å². The van der Waals surface area contributed by atoms with E-state index in [0.29, 0.717) is 49.1 Å². The molecule has 1 aliphatic carbocycles. The average molecular weight is 597 g/mol. The fraction of sp³-hybridized carbons (Fsp3) is 0.400. The second-order valence-corrected chi connectivity index (χ2v) is 11.3. The highest BCUT2D eigenvalue weighted by molar-refractivity contribution is 6.33. The van der Waals surface area contributed by atoms with Crippen LogP contribution in [0.3, 0.4) is 0 Å². The van der Waals surface area contributed by atoms with Crippen LogP contribution < -0.4 is 21.3 Å². The van der Waals surface area contributed by atoms with Crippen molar-refractivity contribution in [3.8, 4) is 0 Å². The number of amides is 1. The molecule has 4 N–H and O–H groups in total. The lowest BCUT2D eigenvalue weighted by molar-refractivity contribution is -0.122. The van der Waals surface area contributed by atoms with E-state index in [1.807, 2.05) is 22.8 Å². The molecule has 12 heteroatoms. The number of aromatic nitrogens is 2. The van der Waals surface area contributed by atoms with Gasteiger partial charge in [0, 0.05) is 42.8 Å². The van der Waals surface area contributed by atoms with Crippen molar-refractivity contribution in [1.29, 1.82) is 0 Å². The van der Waals surface area contributed by atoms with Crippen molar-refractivity contribution in [2.75, 3.05) is 23.3 Å². The lowest BCUT2D eigenvalue weighted by Gasteiger charge is -2.35. The van der Waals surface area contributed by atoms with Crippen LogP contribution in [-0.2, 0) is 4.79 Å². The first-order valence-corrected chi connectivity index (χ1v) is 14.5. The van der Waals surface area contributed by atoms with E-state index in [1.165, 1.54) is 0 Å². The highest BCUT2D eigenvalue weighted by Crippen LogP contribution is 2.40. The molecule has 1 aliphatic heterocycles. The SMILES string of the molecule is C=N/C(=N\c1c(C)nc(Nc2c(F)cc(F)cc2Cl)n1[C@H]1CC[C@@H](C(N)=O)CC1)N[C@@H]1CCCN(c2ccccc2)C1. The summed E-state index contributed by atoms with van der Waals surface area (Å²) in [5.74, 6) is -0.969. The van der Waals surface area contributed by atoms with Gasteiger partial charge < -0.3 is 21.3 Å². The molecule has 5 rings (SSSR count). The maximum absolute atomic E-state index is 14.8. The molecule has 2 heterocycles. The van der Waals surface area contributed by atoms with Crippen LogP contribution in [0.15, 0.2) is 52.4 Å². The maximum Gasteiger partial charge on any atom is 0.224 e. The van der Waals surface area contributed by atoms with Crippen LogP contribution in [0.4, 0.5) is 31.9 Å². The van der Waals surface area contributed by atoms with Gasteiger partial charge in [0.2, 0.25) is 17.8 Å². The number of nitrogens with zero attached hydrogens (tertiary/aromatic N) is 5. The summed E-state index contributed by atoms with van der Waals surface area (Å²) in [6.07, 6.45) is 4.44. The van der Waals surface area contributed by atoms with E-state index < -0.39 is 11.6 Å². The van der Waals surface area contributed by atoms with E-state index >= 15 is 0 Å². The number of imidazole rings is 1. The number of hydrogen-bond donors (Lipinski definition) is 3. The Morgan fingerprint density at radius 3 is 2.55 bits per heavy atom. The van der Waals surface area contributed by atoms with Gasteiger partial charge in [0.05, 0.1) is 16.4 Å². The smallest absolute Gasteiger partial charge is 0.224 e. The predicted molar refractivity (Wildman–Crippen MR) is 163 cm³/mol. The molecule has 2 aliphatic rings. The van der Waals surface area contributed by atoms with Gasteiger partial charge >= 0.3 is 0 Å². The Kier molecular flexibility index (Phi) is 9.06. The Morgan fingerprint density at radius 1 is 1.14 bits per heavy atom. The minimum atomic E-state index is -0.843. The number of carbonyl (C=O) groups excluding carboxylic acids is 1. The summed E-state index contributed by atoms with van der Waals surface area (Å²) >= 11 is 6.20. The van der Waals surface area contributed by atoms with Gasteiger partial charge in [0.1, 0.15) is 5.82 Å². The number of primary amides is 1. The first-order valence-electron chi connectivity index (χ1n) is 14.1. The third-order valence-electron chi connectivity index (χ3n) is 8.00. The molecule has 1 saturated heterocycles. The molecule has 42 heavy (non-hydrogen) atoms. The van der Waals surface area contributed by atoms with Crippen molar-refractivity contribution >= 4 is 53.3 Å². The molecule has 0 unspecified atom stereocenters. The number of nitrogens with one attached hydrogen (secondary N) is 2. The summed E-state index contributed by atoms with van der Waals surface area (Å²) in [5.41, 5.74) is 7.22. The topological polar surface area (TPSA) is 113 Å². The number of para-hydroxylation sites is 1. The molecule has 0 radical (unpaired) electrons. The van der Waals surface area contributed by atoms with Crippen LogP contribution in [0.5, 0.6) is 0 Å². The van der Waals surface area contributed by atoms with Gasteiger partial charge in [-0.2, -0.15) is 4.99 Å². The van der Waals surface area contributed by atoms with Gasteiger partial charge in [-0.3, -0.25) is 9.36 Å². The Hall–Kier alpha value is -3.99. The Labute approximate surface area is 248 Å². The van der Waals surface area contributed by atoms with E-state index in [4.69, 9.17) is 22.3 Å². The number of halogens is 3. The molecule has 0 spiro atoms. The summed E-state index contributed by atoms with van der Waals surface area (Å²) in [6, 6.07) is 12.0. The molecule has 0 bridgehead atoms. The lowest BCUT2D eigenvalue weighted by atomic mass is 9.85. The van der Waals surface area contributed by atoms with Crippen LogP contribution in [-0.4, -0.2) is 47.3 Å². The Bertz CT molecular complexity index is 1450. The van der Waals surface area contributed by atoms with E-state index in [2.05, 4.69) is 44.4 Å². The molecule has 2 fully saturated rings. The number of benzene rings is 2. The van der Waals surface area contributed by atoms with E-state index in [0.717, 1.165) is 43.8 Å². The van der Waals surface area contributed by atoms with Crippen molar-refractivity contribution in [2.24, 2.45) is 21.6 Å². The molecule has 3 aromatic rings. The lowest BCUT2D eigenvalue weighted by Crippen LogP contribution is -2.47. The molecule has 2 aromatic carbocycles. The molecule has 1 saturated carbocycles. The first-order chi connectivity index (χ1) is 20.2. The number of anilines is 3. The van der Waals surface area contributed by atoms with E-state index in [-0.39, 0.29) is 34.6 Å². The number of aryl methyl sites for hydroxylation is 1. The summed E-state index contributed by atoms with van der Waals surface area (Å²) in [7, 11) is 0. The largest absolute Gasteiger partial charge is 0.369 e. The third kappa shape index (κ3) is 6.56. The number of nitrogens with two attached hydrogens (primary N) is 1. The highest BCUT2D eigenvalue weighted by Gasteiger charge is 2.30. The van der Waals surface area contributed by atoms with Gasteiger partial charge in [0.15, 0.2) is 11.6 Å². The van der Waals surface area contributed by atoms with Crippen molar-refractivity contribution < 1.29 is 13.6 Å². The summed E-state index contributed by atoms with van der Waals surface area (Å²) in [4.78, 5) is 27.9. The van der Waals surface area contributed by atoms with Crippen LogP contribution in [0.2, 0.25) is 5.02 Å².